The lowest BCUT2D eigenvalue weighted by Gasteiger charge is -2.42. The first-order valence-corrected chi connectivity index (χ1v) is 8.33. The van der Waals surface area contributed by atoms with E-state index in [0.717, 1.165) is 0 Å². The van der Waals surface area contributed by atoms with Crippen LogP contribution >= 0.6 is 23.2 Å². The first-order chi connectivity index (χ1) is 11.1. The zero-order valence-corrected chi connectivity index (χ0v) is 16.0. The average Bonchev–Trinajstić information content (AvgIpc) is 2.46. The molecule has 132 valence electrons. The van der Waals surface area contributed by atoms with Gasteiger partial charge in [0.2, 0.25) is 0 Å². The zero-order valence-electron chi connectivity index (χ0n) is 14.5. The van der Waals surface area contributed by atoms with Crippen molar-refractivity contribution in [1.29, 1.82) is 0 Å². The molecule has 0 heterocycles. The predicted molar refractivity (Wildman–Crippen MR) is 102 cm³/mol. The summed E-state index contributed by atoms with van der Waals surface area (Å²) < 4.78 is 0. The Labute approximate surface area is 153 Å². The third-order valence-corrected chi connectivity index (χ3v) is 4.30. The summed E-state index contributed by atoms with van der Waals surface area (Å²) in [6.45, 7) is 10.1. The van der Waals surface area contributed by atoms with Crippen LogP contribution in [0.5, 0.6) is 0 Å². The number of rotatable bonds is 6. The van der Waals surface area contributed by atoms with Crippen LogP contribution in [0.1, 0.15) is 32.8 Å². The van der Waals surface area contributed by atoms with Gasteiger partial charge in [0.1, 0.15) is 5.54 Å². The number of halogens is 2. The van der Waals surface area contributed by atoms with E-state index >= 15 is 0 Å². The van der Waals surface area contributed by atoms with E-state index in [1.165, 1.54) is 4.90 Å². The first kappa shape index (κ1) is 20.5. The number of carbonyl (C=O) groups is 1. The third kappa shape index (κ3) is 4.74. The molecular weight excluding hydrogens is 347 g/mol. The standard InChI is InChI=1S/C18H24Cl2N2O2/c1-6-9-18(11-21-5,13-7-8-14(19)15(20)10-13)22(16(23)24)12-17(2,3)4/h6-8,10-11H,1,9,12H2,2-5H3,(H,23,24)/t18-/m1/s1. The summed E-state index contributed by atoms with van der Waals surface area (Å²) in [5.74, 6) is 0. The number of hydrogen-bond acceptors (Lipinski definition) is 2. The number of nitrogens with zero attached hydrogens (tertiary/aromatic N) is 2. The monoisotopic (exact) mass is 370 g/mol. The van der Waals surface area contributed by atoms with Gasteiger partial charge in [0.15, 0.2) is 0 Å². The van der Waals surface area contributed by atoms with Gasteiger partial charge in [-0.2, -0.15) is 0 Å². The fourth-order valence-electron chi connectivity index (χ4n) is 2.63. The van der Waals surface area contributed by atoms with E-state index in [0.29, 0.717) is 28.6 Å². The molecule has 24 heavy (non-hydrogen) atoms. The van der Waals surface area contributed by atoms with E-state index < -0.39 is 11.6 Å². The SMILES string of the molecule is C=CC[C@@](C=NC)(c1ccc(Cl)c(Cl)c1)N(CC(C)(C)C)C(=O)O. The van der Waals surface area contributed by atoms with Crippen molar-refractivity contribution in [2.24, 2.45) is 10.4 Å². The molecule has 0 aliphatic heterocycles. The van der Waals surface area contributed by atoms with E-state index in [9.17, 15) is 9.90 Å². The lowest BCUT2D eigenvalue weighted by molar-refractivity contribution is 0.0833. The molecule has 0 aliphatic rings. The molecule has 0 aliphatic carbocycles. The molecule has 1 aromatic carbocycles. The summed E-state index contributed by atoms with van der Waals surface area (Å²) in [7, 11) is 1.62. The van der Waals surface area contributed by atoms with Crippen molar-refractivity contribution in [3.8, 4) is 0 Å². The maximum atomic E-state index is 12.1. The minimum absolute atomic E-state index is 0.234. The fraction of sp³-hybridized carbons (Fsp3) is 0.444. The van der Waals surface area contributed by atoms with Crippen LogP contribution in [0.15, 0.2) is 35.8 Å². The number of aliphatic imine (C=N–C) groups is 1. The molecule has 0 saturated carbocycles. The zero-order chi connectivity index (χ0) is 18.5. The maximum absolute atomic E-state index is 12.1. The van der Waals surface area contributed by atoms with Gasteiger partial charge >= 0.3 is 6.09 Å². The molecule has 0 aromatic heterocycles. The van der Waals surface area contributed by atoms with Crippen molar-refractivity contribution in [2.45, 2.75) is 32.7 Å². The summed E-state index contributed by atoms with van der Waals surface area (Å²) in [6, 6.07) is 5.13. The summed E-state index contributed by atoms with van der Waals surface area (Å²) in [5.41, 5.74) is -0.527. The van der Waals surface area contributed by atoms with Crippen molar-refractivity contribution < 1.29 is 9.90 Å². The molecule has 0 saturated heterocycles. The van der Waals surface area contributed by atoms with Crippen LogP contribution < -0.4 is 0 Å². The van der Waals surface area contributed by atoms with Crippen LogP contribution in [0, 0.1) is 5.41 Å². The highest BCUT2D eigenvalue weighted by atomic mass is 35.5. The van der Waals surface area contributed by atoms with Gasteiger partial charge in [0, 0.05) is 19.8 Å². The van der Waals surface area contributed by atoms with E-state index in [-0.39, 0.29) is 5.41 Å². The quantitative estimate of drug-likeness (QED) is 0.531. The molecule has 6 heteroatoms. The van der Waals surface area contributed by atoms with Gasteiger partial charge in [0.05, 0.1) is 10.0 Å². The molecule has 4 nitrogen and oxygen atoms in total. The van der Waals surface area contributed by atoms with Crippen LogP contribution in [-0.4, -0.2) is 35.9 Å². The van der Waals surface area contributed by atoms with Crippen LogP contribution in [-0.2, 0) is 5.54 Å². The van der Waals surface area contributed by atoms with Crippen molar-refractivity contribution in [2.75, 3.05) is 13.6 Å². The van der Waals surface area contributed by atoms with E-state index in [1.54, 1.807) is 37.5 Å². The van der Waals surface area contributed by atoms with Crippen LogP contribution in [0.25, 0.3) is 0 Å². The molecule has 1 rings (SSSR count). The Hall–Kier alpha value is -1.52. The summed E-state index contributed by atoms with van der Waals surface area (Å²) in [5, 5.41) is 10.7. The molecule has 0 radical (unpaired) electrons. The van der Waals surface area contributed by atoms with Gasteiger partial charge in [-0.05, 0) is 29.5 Å². The highest BCUT2D eigenvalue weighted by Crippen LogP contribution is 2.37. The summed E-state index contributed by atoms with van der Waals surface area (Å²) in [6.07, 6.45) is 2.65. The summed E-state index contributed by atoms with van der Waals surface area (Å²) >= 11 is 12.2. The smallest absolute Gasteiger partial charge is 0.408 e. The van der Waals surface area contributed by atoms with Crippen molar-refractivity contribution in [1.82, 2.24) is 4.90 Å². The Morgan fingerprint density at radius 2 is 1.96 bits per heavy atom. The van der Waals surface area contributed by atoms with Gasteiger partial charge in [0.25, 0.3) is 0 Å². The molecule has 0 fully saturated rings. The average molecular weight is 371 g/mol. The van der Waals surface area contributed by atoms with Crippen molar-refractivity contribution in [3.63, 3.8) is 0 Å². The Morgan fingerprint density at radius 1 is 1.33 bits per heavy atom. The highest BCUT2D eigenvalue weighted by molar-refractivity contribution is 6.42. The number of amides is 1. The molecule has 1 amide bonds. The maximum Gasteiger partial charge on any atom is 0.408 e. The molecule has 1 atom stereocenters. The van der Waals surface area contributed by atoms with Gasteiger partial charge in [-0.1, -0.05) is 56.1 Å². The van der Waals surface area contributed by atoms with E-state index in [4.69, 9.17) is 23.2 Å². The Kier molecular flexibility index (Phi) is 6.87. The Balaban J connectivity index is 3.64. The topological polar surface area (TPSA) is 52.9 Å². The second-order valence-electron chi connectivity index (χ2n) is 6.86. The van der Waals surface area contributed by atoms with Crippen LogP contribution in [0.2, 0.25) is 10.0 Å². The Bertz CT molecular complexity index is 638. The van der Waals surface area contributed by atoms with Crippen molar-refractivity contribution in [3.05, 3.63) is 46.5 Å². The molecule has 1 aromatic rings. The molecule has 1 N–H and O–H groups in total. The third-order valence-electron chi connectivity index (χ3n) is 3.56. The van der Waals surface area contributed by atoms with E-state index in [1.807, 2.05) is 20.8 Å². The fourth-order valence-corrected chi connectivity index (χ4v) is 2.93. The predicted octanol–water partition coefficient (Wildman–Crippen LogP) is 5.49. The van der Waals surface area contributed by atoms with Crippen LogP contribution in [0.4, 0.5) is 4.79 Å². The molecular formula is C18H24Cl2N2O2. The van der Waals surface area contributed by atoms with Crippen LogP contribution in [0.3, 0.4) is 0 Å². The lowest BCUT2D eigenvalue weighted by Crippen LogP contribution is -2.53. The normalized spacial score (nSPS) is 14.4. The second-order valence-corrected chi connectivity index (χ2v) is 7.68. The highest BCUT2D eigenvalue weighted by Gasteiger charge is 2.41. The largest absolute Gasteiger partial charge is 0.465 e. The number of carboxylic acid groups (broad SMARTS) is 1. The molecule has 0 spiro atoms. The van der Waals surface area contributed by atoms with Gasteiger partial charge in [-0.25, -0.2) is 4.79 Å². The Morgan fingerprint density at radius 3 is 2.38 bits per heavy atom. The minimum Gasteiger partial charge on any atom is -0.465 e. The molecule has 0 bridgehead atoms. The number of hydrogen-bond donors (Lipinski definition) is 1. The first-order valence-electron chi connectivity index (χ1n) is 7.57. The van der Waals surface area contributed by atoms with Gasteiger partial charge < -0.3 is 5.11 Å². The van der Waals surface area contributed by atoms with E-state index in [2.05, 4.69) is 11.6 Å². The van der Waals surface area contributed by atoms with Gasteiger partial charge in [-0.3, -0.25) is 9.89 Å². The molecule has 0 unspecified atom stereocenters. The number of benzene rings is 1. The van der Waals surface area contributed by atoms with Crippen molar-refractivity contribution >= 4 is 35.5 Å². The second kappa shape index (κ2) is 8.04. The van der Waals surface area contributed by atoms with Gasteiger partial charge in [-0.15, -0.1) is 6.58 Å². The minimum atomic E-state index is -1.03. The summed E-state index contributed by atoms with van der Waals surface area (Å²) in [4.78, 5) is 17.6. The lowest BCUT2D eigenvalue weighted by atomic mass is 9.83.